The maximum atomic E-state index is 13.6. The summed E-state index contributed by atoms with van der Waals surface area (Å²) in [5.41, 5.74) is 0.676. The van der Waals surface area contributed by atoms with Gasteiger partial charge in [-0.1, -0.05) is 11.2 Å². The van der Waals surface area contributed by atoms with E-state index in [4.69, 9.17) is 15.2 Å². The quantitative estimate of drug-likeness (QED) is 0.168. The summed E-state index contributed by atoms with van der Waals surface area (Å²) < 4.78 is 96.8. The Balaban J connectivity index is 2.33. The van der Waals surface area contributed by atoms with Gasteiger partial charge in [-0.15, -0.1) is 0 Å². The highest BCUT2D eigenvalue weighted by molar-refractivity contribution is 5.92. The van der Waals surface area contributed by atoms with Crippen molar-refractivity contribution in [3.8, 4) is 11.5 Å². The summed E-state index contributed by atoms with van der Waals surface area (Å²) in [7, 11) is 0. The van der Waals surface area contributed by atoms with Crippen molar-refractivity contribution in [3.63, 3.8) is 0 Å². The van der Waals surface area contributed by atoms with Crippen molar-refractivity contribution in [2.24, 2.45) is 10.9 Å². The number of furan rings is 1. The number of carbonyl (C=O) groups is 1. The maximum Gasteiger partial charge on any atom is 0.461 e. The zero-order chi connectivity index (χ0) is 25.6. The number of hydrogen-bond donors (Lipinski definition) is 2. The lowest BCUT2D eigenvalue weighted by Crippen LogP contribution is -2.68. The average Bonchev–Trinajstić information content (AvgIpc) is 3.26. The number of nitrogens with two attached hydrogens (primary N) is 1. The Hall–Kier alpha value is -3.58. The molecule has 0 aliphatic carbocycles. The molecule has 1 aromatic heterocycles. The zero-order valence-corrected chi connectivity index (χ0v) is 17.9. The van der Waals surface area contributed by atoms with E-state index < -0.39 is 42.0 Å². The number of amidine groups is 1. The van der Waals surface area contributed by atoms with Crippen LogP contribution in [0.3, 0.4) is 0 Å². The number of hydrogen-bond acceptors (Lipinski definition) is 6. The molecule has 34 heavy (non-hydrogen) atoms. The predicted octanol–water partition coefficient (Wildman–Crippen LogP) is 4.16. The number of alkyl halides is 6. The molecule has 0 saturated carbocycles. The van der Waals surface area contributed by atoms with E-state index in [1.807, 2.05) is 0 Å². The van der Waals surface area contributed by atoms with Crippen molar-refractivity contribution in [2.45, 2.75) is 38.3 Å². The van der Waals surface area contributed by atoms with Crippen LogP contribution in [0.4, 0.5) is 26.3 Å². The molecule has 188 valence electrons. The number of carbonyl (C=O) groups excluding carboxylic acids is 1. The van der Waals surface area contributed by atoms with Crippen LogP contribution in [0, 0.1) is 0 Å². The summed E-state index contributed by atoms with van der Waals surface area (Å²) in [5, 5.41) is 3.61. The van der Waals surface area contributed by atoms with Crippen molar-refractivity contribution >= 4 is 11.7 Å². The fraction of sp³-hybridized carbons (Fsp3) is 0.400. The predicted molar refractivity (Wildman–Crippen MR) is 106 cm³/mol. The molecule has 0 aliphatic heterocycles. The summed E-state index contributed by atoms with van der Waals surface area (Å²) in [6, 6.07) is 6.37. The third-order valence-corrected chi connectivity index (χ3v) is 4.13. The van der Waals surface area contributed by atoms with Crippen LogP contribution in [0.25, 0.3) is 0 Å². The first kappa shape index (κ1) is 26.7. The number of nitrogens with zero attached hydrogens (tertiary/aromatic N) is 1. The molecule has 1 aromatic carbocycles. The monoisotopic (exact) mass is 497 g/mol. The molecule has 1 amide bonds. The van der Waals surface area contributed by atoms with Gasteiger partial charge in [0.25, 0.3) is 5.91 Å². The molecular formula is C20H21F6N3O5. The second-order valence-electron chi connectivity index (χ2n) is 6.61. The van der Waals surface area contributed by atoms with E-state index in [1.165, 1.54) is 18.2 Å². The molecular weight excluding hydrogens is 476 g/mol. The summed E-state index contributed by atoms with van der Waals surface area (Å²) >= 11 is 0. The van der Waals surface area contributed by atoms with Gasteiger partial charge in [-0.25, -0.2) is 0 Å². The van der Waals surface area contributed by atoms with Crippen LogP contribution in [0.1, 0.15) is 30.0 Å². The maximum absolute atomic E-state index is 13.6. The molecule has 0 bridgehead atoms. The second kappa shape index (κ2) is 10.6. The molecule has 0 fully saturated rings. The lowest BCUT2D eigenvalue weighted by Gasteiger charge is -2.34. The van der Waals surface area contributed by atoms with Gasteiger partial charge in [0.1, 0.15) is 5.84 Å². The van der Waals surface area contributed by atoms with Crippen molar-refractivity contribution in [3.05, 3.63) is 47.9 Å². The lowest BCUT2D eigenvalue weighted by molar-refractivity contribution is -0.388. The molecule has 0 saturated heterocycles. The summed E-state index contributed by atoms with van der Waals surface area (Å²) in [5.74, 6) is -2.70. The van der Waals surface area contributed by atoms with E-state index in [-0.39, 0.29) is 6.61 Å². The number of rotatable bonds is 10. The van der Waals surface area contributed by atoms with Crippen molar-refractivity contribution in [1.82, 2.24) is 5.32 Å². The fourth-order valence-electron chi connectivity index (χ4n) is 2.63. The minimum absolute atomic E-state index is 0.269. The smallest absolute Gasteiger partial charge is 0.461 e. The largest absolute Gasteiger partial charge is 0.490 e. The van der Waals surface area contributed by atoms with E-state index in [0.717, 1.165) is 23.7 Å². The van der Waals surface area contributed by atoms with Gasteiger partial charge < -0.3 is 24.5 Å². The molecule has 0 spiro atoms. The van der Waals surface area contributed by atoms with Crippen LogP contribution in [-0.4, -0.2) is 43.0 Å². The van der Waals surface area contributed by atoms with E-state index in [1.54, 1.807) is 13.8 Å². The molecule has 0 radical (unpaired) electrons. The minimum Gasteiger partial charge on any atom is -0.490 e. The van der Waals surface area contributed by atoms with Gasteiger partial charge >= 0.3 is 18.1 Å². The number of nitrogens with one attached hydrogen (secondary N) is 1. The minimum atomic E-state index is -6.17. The van der Waals surface area contributed by atoms with Crippen molar-refractivity contribution in [2.75, 3.05) is 13.2 Å². The Morgan fingerprint density at radius 3 is 2.18 bits per heavy atom. The molecule has 2 aromatic rings. The number of benzene rings is 1. The van der Waals surface area contributed by atoms with E-state index in [2.05, 4.69) is 14.4 Å². The van der Waals surface area contributed by atoms with Gasteiger partial charge in [0.2, 0.25) is 0 Å². The highest BCUT2D eigenvalue weighted by Gasteiger charge is 2.76. The van der Waals surface area contributed by atoms with Gasteiger partial charge in [-0.05, 0) is 43.7 Å². The molecule has 0 atom stereocenters. The summed E-state index contributed by atoms with van der Waals surface area (Å²) in [6.07, 6.45) is -11.8. The summed E-state index contributed by atoms with van der Waals surface area (Å²) in [6.45, 7) is 4.05. The van der Waals surface area contributed by atoms with Gasteiger partial charge in [0.05, 0.1) is 19.5 Å². The van der Waals surface area contributed by atoms with Crippen molar-refractivity contribution in [1.29, 1.82) is 0 Å². The first-order chi connectivity index (χ1) is 15.8. The van der Waals surface area contributed by atoms with Crippen LogP contribution >= 0.6 is 0 Å². The Bertz CT molecular complexity index is 976. The van der Waals surface area contributed by atoms with Gasteiger partial charge in [0.15, 0.2) is 17.3 Å². The molecule has 3 N–H and O–H groups in total. The molecule has 1 heterocycles. The number of ether oxygens (including phenoxy) is 2. The standard InChI is InChI=1S/C20H21F6N3O5/c1-3-31-13-8-7-12(10-15(13)32-4-2)11-16(27)29-34-18(19(21,22)23,20(24,25)26)28-17(30)14-6-5-9-33-14/h5-10H,3-4,11H2,1-2H3,(H2,27,29)(H,28,30). The lowest BCUT2D eigenvalue weighted by atomic mass is 10.1. The van der Waals surface area contributed by atoms with E-state index in [9.17, 15) is 31.1 Å². The molecule has 0 unspecified atom stereocenters. The van der Waals surface area contributed by atoms with Crippen molar-refractivity contribution < 1.29 is 49.9 Å². The van der Waals surface area contributed by atoms with Crippen LogP contribution in [0.15, 0.2) is 46.2 Å². The highest BCUT2D eigenvalue weighted by Crippen LogP contribution is 2.44. The molecule has 2 rings (SSSR count). The Morgan fingerprint density at radius 1 is 1.03 bits per heavy atom. The second-order valence-corrected chi connectivity index (χ2v) is 6.61. The van der Waals surface area contributed by atoms with E-state index in [0.29, 0.717) is 23.7 Å². The first-order valence-electron chi connectivity index (χ1n) is 9.73. The first-order valence-corrected chi connectivity index (χ1v) is 9.73. The normalized spacial score (nSPS) is 12.9. The SMILES string of the molecule is CCOc1ccc(CC(N)=NOC(NC(=O)c2ccco2)(C(F)(F)F)C(F)(F)F)cc1OCC. The number of oxime groups is 1. The van der Waals surface area contributed by atoms with Crippen LogP contribution in [0.2, 0.25) is 0 Å². The molecule has 0 aliphatic rings. The Kier molecular flexibility index (Phi) is 8.29. The van der Waals surface area contributed by atoms with Gasteiger partial charge in [-0.3, -0.25) is 10.1 Å². The highest BCUT2D eigenvalue weighted by atomic mass is 19.4. The Morgan fingerprint density at radius 2 is 1.65 bits per heavy atom. The van der Waals surface area contributed by atoms with Gasteiger partial charge in [-0.2, -0.15) is 26.3 Å². The van der Waals surface area contributed by atoms with Gasteiger partial charge in [0, 0.05) is 6.42 Å². The third kappa shape index (κ3) is 6.05. The number of amides is 1. The van der Waals surface area contributed by atoms with Crippen LogP contribution < -0.4 is 20.5 Å². The fourth-order valence-corrected chi connectivity index (χ4v) is 2.63. The van der Waals surface area contributed by atoms with Crippen LogP contribution in [0.5, 0.6) is 11.5 Å². The topological polar surface area (TPSA) is 108 Å². The summed E-state index contributed by atoms with van der Waals surface area (Å²) in [4.78, 5) is 15.8. The number of halogens is 6. The molecule has 8 nitrogen and oxygen atoms in total. The third-order valence-electron chi connectivity index (χ3n) is 4.13. The van der Waals surface area contributed by atoms with Crippen LogP contribution in [-0.2, 0) is 11.3 Å². The average molecular weight is 497 g/mol. The molecule has 14 heteroatoms. The van der Waals surface area contributed by atoms with E-state index >= 15 is 0 Å². The zero-order valence-electron chi connectivity index (χ0n) is 17.9. The Labute approximate surface area is 189 Å².